The van der Waals surface area contributed by atoms with Crippen LogP contribution in [-0.4, -0.2) is 62.1 Å². The zero-order valence-electron chi connectivity index (χ0n) is 27.4. The molecule has 8 bridgehead atoms. The van der Waals surface area contributed by atoms with E-state index >= 15 is 0 Å². The number of anilines is 1. The normalized spacial score (nSPS) is 19.3. The van der Waals surface area contributed by atoms with Gasteiger partial charge in [0, 0.05) is 82.9 Å². The van der Waals surface area contributed by atoms with Crippen LogP contribution >= 0.6 is 35.1 Å². The Morgan fingerprint density at radius 3 is 2.83 bits per heavy atom. The van der Waals surface area contributed by atoms with Gasteiger partial charge < -0.3 is 19.7 Å². The van der Waals surface area contributed by atoms with E-state index in [9.17, 15) is 9.90 Å². The molecule has 9 nitrogen and oxygen atoms in total. The van der Waals surface area contributed by atoms with E-state index in [4.69, 9.17) is 26.5 Å². The molecule has 5 heterocycles. The molecule has 2 aromatic heterocycles. The van der Waals surface area contributed by atoms with E-state index in [1.807, 2.05) is 37.1 Å². The summed E-state index contributed by atoms with van der Waals surface area (Å²) in [5, 5.41) is 27.2. The molecule has 2 aromatic carbocycles. The summed E-state index contributed by atoms with van der Waals surface area (Å²) in [4.78, 5) is 13.9. The summed E-state index contributed by atoms with van der Waals surface area (Å²) in [6.45, 7) is 2.23. The van der Waals surface area contributed by atoms with Crippen molar-refractivity contribution in [1.29, 1.82) is 0 Å². The first-order valence-electron chi connectivity index (χ1n) is 16.7. The van der Waals surface area contributed by atoms with Crippen molar-refractivity contribution in [3.8, 4) is 5.75 Å². The number of allylic oxidation sites excluding steroid dienone is 1. The van der Waals surface area contributed by atoms with E-state index in [0.717, 1.165) is 107 Å². The molecule has 0 aliphatic carbocycles. The Morgan fingerprint density at radius 1 is 1.06 bits per heavy atom. The molecule has 252 valence electrons. The van der Waals surface area contributed by atoms with Crippen LogP contribution in [0.15, 0.2) is 46.0 Å². The predicted molar refractivity (Wildman–Crippen MR) is 198 cm³/mol. The maximum Gasteiger partial charge on any atom is 0.352 e. The summed E-state index contributed by atoms with van der Waals surface area (Å²) < 4.78 is 10.3. The number of aromatic nitrogens is 3. The molecule has 0 atom stereocenters. The highest BCUT2D eigenvalue weighted by Crippen LogP contribution is 2.39. The largest absolute Gasteiger partial charge is 0.491 e. The van der Waals surface area contributed by atoms with Gasteiger partial charge in [0.1, 0.15) is 11.4 Å². The predicted octanol–water partition coefficient (Wildman–Crippen LogP) is 7.98. The molecule has 7 rings (SSSR count). The molecule has 2 N–H and O–H groups in total. The highest BCUT2D eigenvalue weighted by atomic mass is 35.5. The Labute approximate surface area is 294 Å². The number of nitrogens with one attached hydrogen (secondary N) is 1. The van der Waals surface area contributed by atoms with Crippen LogP contribution in [0.5, 0.6) is 5.75 Å². The van der Waals surface area contributed by atoms with Crippen LogP contribution in [0.25, 0.3) is 17.0 Å². The number of carbonyl (C=O) groups is 1. The number of aromatic carboxylic acids is 1. The molecular formula is C36H41ClN6O3S2. The zero-order valence-corrected chi connectivity index (χ0v) is 29.8. The SMILES string of the molecule is Cn1nc2cc1CSc1cc3c(c(c1)OCCCc1c(C(=O)O)n(C)c4c(c(Cl)ccc14)/C=C1\CCCCN1/N=C/CSC2)NCCC3. The number of carboxylic acids is 1. The second-order valence-electron chi connectivity index (χ2n) is 12.6. The number of nitrogens with zero attached hydrogens (tertiary/aromatic N) is 5. The minimum absolute atomic E-state index is 0.295. The van der Waals surface area contributed by atoms with Gasteiger partial charge in [0.2, 0.25) is 0 Å². The van der Waals surface area contributed by atoms with Crippen molar-refractivity contribution in [1.82, 2.24) is 19.4 Å². The molecule has 0 spiro atoms. The summed E-state index contributed by atoms with van der Waals surface area (Å²) in [5.41, 5.74) is 8.48. The van der Waals surface area contributed by atoms with Crippen molar-refractivity contribution in [3.63, 3.8) is 0 Å². The van der Waals surface area contributed by atoms with Crippen LogP contribution in [0.1, 0.15) is 70.7 Å². The lowest BCUT2D eigenvalue weighted by atomic mass is 10.0. The standard InChI is InChI=1S/C36H41ClN6O3S2/c1-41-34-29-10-11-31(37)30(34)19-25-8-3-4-14-43(25)39-13-16-47-21-24-18-26(42(2)40-24)22-48-27-17-23-7-5-12-38-33(23)32(20-27)46-15-6-9-28(29)35(41)36(44)45/h10-11,13,17-20,38H,3-9,12,14-16,21-22H2,1-2H3,(H,44,45)/b25-19+,39-13+. The number of thioether (sulfide) groups is 2. The van der Waals surface area contributed by atoms with Gasteiger partial charge in [-0.3, -0.25) is 9.69 Å². The molecule has 0 saturated carbocycles. The fourth-order valence-corrected chi connectivity index (χ4v) is 8.87. The minimum atomic E-state index is -0.943. The van der Waals surface area contributed by atoms with Gasteiger partial charge in [0.15, 0.2) is 0 Å². The quantitative estimate of drug-likeness (QED) is 0.206. The molecule has 0 radical (unpaired) electrons. The van der Waals surface area contributed by atoms with Crippen LogP contribution in [0, 0.1) is 0 Å². The first kappa shape index (κ1) is 33.0. The van der Waals surface area contributed by atoms with Crippen LogP contribution in [-0.2, 0) is 38.4 Å². The molecule has 0 amide bonds. The van der Waals surface area contributed by atoms with E-state index in [2.05, 4.69) is 34.6 Å². The van der Waals surface area contributed by atoms with Gasteiger partial charge in [-0.2, -0.15) is 10.2 Å². The summed E-state index contributed by atoms with van der Waals surface area (Å²) in [5.74, 6) is 2.32. The number of rotatable bonds is 1. The molecular weight excluding hydrogens is 664 g/mol. The Morgan fingerprint density at radius 2 is 1.96 bits per heavy atom. The lowest BCUT2D eigenvalue weighted by Gasteiger charge is -2.27. The van der Waals surface area contributed by atoms with Gasteiger partial charge in [0.05, 0.1) is 23.5 Å². The van der Waals surface area contributed by atoms with Crippen LogP contribution in [0.3, 0.4) is 0 Å². The number of piperidine rings is 1. The Bertz CT molecular complexity index is 1920. The van der Waals surface area contributed by atoms with E-state index in [1.165, 1.54) is 16.2 Å². The second-order valence-corrected chi connectivity index (χ2v) is 15.0. The van der Waals surface area contributed by atoms with Gasteiger partial charge in [-0.1, -0.05) is 17.7 Å². The topological polar surface area (TPSA) is 96.9 Å². The number of hydrazone groups is 1. The number of carboxylic acid groups (broad SMARTS) is 1. The summed E-state index contributed by atoms with van der Waals surface area (Å²) in [6, 6.07) is 10.5. The monoisotopic (exact) mass is 704 g/mol. The van der Waals surface area contributed by atoms with Crippen molar-refractivity contribution in [3.05, 3.63) is 74.8 Å². The maximum atomic E-state index is 12.7. The maximum absolute atomic E-state index is 12.7. The number of fused-ring (bicyclic) bond motifs is 7. The number of halogens is 1. The van der Waals surface area contributed by atoms with Gasteiger partial charge in [0.25, 0.3) is 0 Å². The average molecular weight is 705 g/mol. The smallest absolute Gasteiger partial charge is 0.352 e. The number of hydrogen-bond donors (Lipinski definition) is 2. The molecule has 12 heteroatoms. The van der Waals surface area contributed by atoms with E-state index in [1.54, 1.807) is 28.1 Å². The summed E-state index contributed by atoms with van der Waals surface area (Å²) in [7, 11) is 3.85. The number of hydrogen-bond acceptors (Lipinski definition) is 8. The Balaban J connectivity index is 1.26. The third kappa shape index (κ3) is 6.82. The summed E-state index contributed by atoms with van der Waals surface area (Å²) >= 11 is 10.5. The fourth-order valence-electron chi connectivity index (χ4n) is 7.02. The Hall–Kier alpha value is -3.54. The van der Waals surface area contributed by atoms with Crippen molar-refractivity contribution in [2.24, 2.45) is 19.2 Å². The van der Waals surface area contributed by atoms with Crippen molar-refractivity contribution >= 4 is 70.0 Å². The zero-order chi connectivity index (χ0) is 33.2. The van der Waals surface area contributed by atoms with Gasteiger partial charge in [-0.25, -0.2) is 4.79 Å². The highest BCUT2D eigenvalue weighted by Gasteiger charge is 2.24. The first-order valence-corrected chi connectivity index (χ1v) is 19.2. The highest BCUT2D eigenvalue weighted by molar-refractivity contribution is 7.99. The number of aryl methyl sites for hydroxylation is 4. The second kappa shape index (κ2) is 14.5. The molecule has 3 aliphatic rings. The van der Waals surface area contributed by atoms with Crippen molar-refractivity contribution < 1.29 is 14.6 Å². The van der Waals surface area contributed by atoms with Crippen molar-refractivity contribution in [2.75, 3.05) is 30.8 Å². The molecule has 0 unspecified atom stereocenters. The lowest BCUT2D eigenvalue weighted by molar-refractivity contribution is 0.0685. The van der Waals surface area contributed by atoms with Crippen LogP contribution < -0.4 is 10.1 Å². The van der Waals surface area contributed by atoms with Crippen molar-refractivity contribution in [2.45, 2.75) is 61.3 Å². The third-order valence-electron chi connectivity index (χ3n) is 9.33. The molecule has 1 fully saturated rings. The third-order valence-corrected chi connectivity index (χ3v) is 11.6. The molecule has 4 aromatic rings. The molecule has 48 heavy (non-hydrogen) atoms. The van der Waals surface area contributed by atoms with Gasteiger partial charge >= 0.3 is 5.97 Å². The van der Waals surface area contributed by atoms with E-state index in [-0.39, 0.29) is 0 Å². The van der Waals surface area contributed by atoms with E-state index < -0.39 is 5.97 Å². The van der Waals surface area contributed by atoms with Crippen LogP contribution in [0.2, 0.25) is 5.02 Å². The van der Waals surface area contributed by atoms with Crippen LogP contribution in [0.4, 0.5) is 5.69 Å². The average Bonchev–Trinajstić information content (AvgIpc) is 3.58. The Kier molecular flexibility index (Phi) is 9.98. The van der Waals surface area contributed by atoms with Gasteiger partial charge in [-0.05, 0) is 86.4 Å². The molecule has 1 saturated heterocycles. The molecule has 3 aliphatic heterocycles. The summed E-state index contributed by atoms with van der Waals surface area (Å²) in [6.07, 6.45) is 10.5. The van der Waals surface area contributed by atoms with Gasteiger partial charge in [-0.15, -0.1) is 23.5 Å². The number of benzene rings is 2. The fraction of sp³-hybridized carbons (Fsp3) is 0.417. The number of ether oxygens (including phenoxy) is 1. The van der Waals surface area contributed by atoms with E-state index in [0.29, 0.717) is 30.2 Å². The minimum Gasteiger partial charge on any atom is -0.491 e. The first-order chi connectivity index (χ1) is 23.4. The lowest BCUT2D eigenvalue weighted by Crippen LogP contribution is -2.23.